The van der Waals surface area contributed by atoms with Crippen LogP contribution in [0.3, 0.4) is 0 Å². The van der Waals surface area contributed by atoms with Crippen LogP contribution in [0.5, 0.6) is 5.88 Å². The van der Waals surface area contributed by atoms with E-state index in [1.165, 1.54) is 0 Å². The number of hydrogen-bond acceptors (Lipinski definition) is 5. The van der Waals surface area contributed by atoms with E-state index in [0.29, 0.717) is 12.2 Å². The number of rotatable bonds is 2. The Balaban J connectivity index is 2.29. The standard InChI is InChI=1S/C11H11N3OS/c12-10-9(16)11(15)14-8(13-10)6-7-4-2-1-3-5-7/h1-5,16H,6H2,(H3,12,13,14,15). The van der Waals surface area contributed by atoms with Crippen molar-refractivity contribution in [2.45, 2.75) is 11.3 Å². The second-order valence-corrected chi connectivity index (χ2v) is 3.81. The van der Waals surface area contributed by atoms with Gasteiger partial charge < -0.3 is 10.8 Å². The highest BCUT2D eigenvalue weighted by Gasteiger charge is 2.08. The number of aromatic hydroxyl groups is 1. The summed E-state index contributed by atoms with van der Waals surface area (Å²) in [4.78, 5) is 8.20. The molecule has 3 N–H and O–H groups in total. The number of thiol groups is 1. The Labute approximate surface area is 98.6 Å². The summed E-state index contributed by atoms with van der Waals surface area (Å²) >= 11 is 3.98. The van der Waals surface area contributed by atoms with E-state index in [2.05, 4.69) is 22.6 Å². The van der Waals surface area contributed by atoms with Crippen molar-refractivity contribution < 1.29 is 5.11 Å². The molecule has 5 heteroatoms. The van der Waals surface area contributed by atoms with E-state index in [4.69, 9.17) is 5.73 Å². The van der Waals surface area contributed by atoms with E-state index >= 15 is 0 Å². The van der Waals surface area contributed by atoms with Crippen molar-refractivity contribution in [2.75, 3.05) is 5.73 Å². The molecule has 1 heterocycles. The Bertz CT molecular complexity index is 479. The molecule has 0 amide bonds. The molecule has 0 aliphatic carbocycles. The number of nitrogens with zero attached hydrogens (tertiary/aromatic N) is 2. The molecule has 2 aromatic rings. The van der Waals surface area contributed by atoms with Crippen LogP contribution in [0, 0.1) is 0 Å². The first-order valence-corrected chi connectivity index (χ1v) is 5.20. The zero-order chi connectivity index (χ0) is 11.5. The topological polar surface area (TPSA) is 72.0 Å². The van der Waals surface area contributed by atoms with Crippen molar-refractivity contribution in [1.82, 2.24) is 9.97 Å². The van der Waals surface area contributed by atoms with Crippen LogP contribution < -0.4 is 5.73 Å². The van der Waals surface area contributed by atoms with Crippen LogP contribution in [-0.2, 0) is 6.42 Å². The molecule has 0 radical (unpaired) electrons. The molecule has 0 spiro atoms. The van der Waals surface area contributed by atoms with Gasteiger partial charge in [-0.1, -0.05) is 30.3 Å². The monoisotopic (exact) mass is 233 g/mol. The fourth-order valence-corrected chi connectivity index (χ4v) is 1.46. The molecule has 0 saturated carbocycles. The highest BCUT2D eigenvalue weighted by Crippen LogP contribution is 2.23. The lowest BCUT2D eigenvalue weighted by Crippen LogP contribution is -2.01. The van der Waals surface area contributed by atoms with Gasteiger partial charge in [-0.25, -0.2) is 4.98 Å². The number of anilines is 1. The van der Waals surface area contributed by atoms with Gasteiger partial charge in [0.05, 0.1) is 0 Å². The molecule has 0 atom stereocenters. The molecule has 0 fully saturated rings. The van der Waals surface area contributed by atoms with Crippen molar-refractivity contribution in [1.29, 1.82) is 0 Å². The van der Waals surface area contributed by atoms with E-state index < -0.39 is 0 Å². The lowest BCUT2D eigenvalue weighted by atomic mass is 10.1. The quantitative estimate of drug-likeness (QED) is 0.690. The third kappa shape index (κ3) is 2.25. The molecule has 0 aliphatic heterocycles. The Morgan fingerprint density at radius 3 is 2.50 bits per heavy atom. The minimum atomic E-state index is -0.179. The third-order valence-electron chi connectivity index (χ3n) is 2.14. The summed E-state index contributed by atoms with van der Waals surface area (Å²) in [5.41, 5.74) is 6.65. The first kappa shape index (κ1) is 10.8. The Kier molecular flexibility index (Phi) is 2.96. The second-order valence-electron chi connectivity index (χ2n) is 3.36. The smallest absolute Gasteiger partial charge is 0.230 e. The predicted octanol–water partition coefficient (Wildman–Crippen LogP) is 1.64. The molecule has 0 unspecified atom stereocenters. The average Bonchev–Trinajstić information content (AvgIpc) is 2.27. The molecular weight excluding hydrogens is 222 g/mol. The van der Waals surface area contributed by atoms with Crippen LogP contribution in [0.25, 0.3) is 0 Å². The lowest BCUT2D eigenvalue weighted by Gasteiger charge is -2.04. The SMILES string of the molecule is Nc1nc(Cc2ccccc2)nc(O)c1S. The summed E-state index contributed by atoms with van der Waals surface area (Å²) < 4.78 is 0. The number of nitrogens with two attached hydrogens (primary N) is 1. The molecule has 4 nitrogen and oxygen atoms in total. The maximum absolute atomic E-state index is 9.45. The Morgan fingerprint density at radius 1 is 1.19 bits per heavy atom. The van der Waals surface area contributed by atoms with Gasteiger partial charge in [0, 0.05) is 6.42 Å². The van der Waals surface area contributed by atoms with Gasteiger partial charge >= 0.3 is 0 Å². The van der Waals surface area contributed by atoms with E-state index in [0.717, 1.165) is 5.56 Å². The molecular formula is C11H11N3OS. The molecule has 0 aliphatic rings. The van der Waals surface area contributed by atoms with Crippen LogP contribution in [0.1, 0.15) is 11.4 Å². The van der Waals surface area contributed by atoms with Crippen molar-refractivity contribution >= 4 is 18.4 Å². The van der Waals surface area contributed by atoms with Crippen LogP contribution in [0.4, 0.5) is 5.82 Å². The minimum Gasteiger partial charge on any atom is -0.492 e. The molecule has 82 valence electrons. The number of benzene rings is 1. The van der Waals surface area contributed by atoms with Crippen molar-refractivity contribution in [3.8, 4) is 5.88 Å². The summed E-state index contributed by atoms with van der Waals surface area (Å²) in [6, 6.07) is 9.74. The van der Waals surface area contributed by atoms with E-state index in [1.54, 1.807) is 0 Å². The minimum absolute atomic E-state index is 0.179. The zero-order valence-electron chi connectivity index (χ0n) is 8.46. The number of aromatic nitrogens is 2. The predicted molar refractivity (Wildman–Crippen MR) is 64.6 cm³/mol. The first-order chi connectivity index (χ1) is 7.66. The number of hydrogen-bond donors (Lipinski definition) is 3. The summed E-state index contributed by atoms with van der Waals surface area (Å²) in [7, 11) is 0. The van der Waals surface area contributed by atoms with Crippen LogP contribution in [0.15, 0.2) is 35.2 Å². The third-order valence-corrected chi connectivity index (χ3v) is 2.57. The zero-order valence-corrected chi connectivity index (χ0v) is 9.35. The molecule has 16 heavy (non-hydrogen) atoms. The molecule has 1 aromatic carbocycles. The van der Waals surface area contributed by atoms with Gasteiger partial charge in [0.15, 0.2) is 0 Å². The van der Waals surface area contributed by atoms with Gasteiger partial charge in [-0.15, -0.1) is 12.6 Å². The van der Waals surface area contributed by atoms with Gasteiger partial charge in [-0.05, 0) is 5.56 Å². The van der Waals surface area contributed by atoms with Crippen molar-refractivity contribution in [2.24, 2.45) is 0 Å². The van der Waals surface area contributed by atoms with Gasteiger partial charge in [0.2, 0.25) is 5.88 Å². The Hall–Kier alpha value is -1.75. The fraction of sp³-hybridized carbons (Fsp3) is 0.0909. The highest BCUT2D eigenvalue weighted by atomic mass is 32.1. The summed E-state index contributed by atoms with van der Waals surface area (Å²) in [6.07, 6.45) is 0.534. The summed E-state index contributed by atoms with van der Waals surface area (Å²) in [5, 5.41) is 9.45. The molecule has 2 rings (SSSR count). The maximum atomic E-state index is 9.45. The second kappa shape index (κ2) is 4.40. The van der Waals surface area contributed by atoms with Crippen LogP contribution in [0.2, 0.25) is 0 Å². The van der Waals surface area contributed by atoms with Crippen LogP contribution in [-0.4, -0.2) is 15.1 Å². The normalized spacial score (nSPS) is 10.3. The van der Waals surface area contributed by atoms with E-state index in [1.807, 2.05) is 30.3 Å². The molecule has 0 saturated heterocycles. The lowest BCUT2D eigenvalue weighted by molar-refractivity contribution is 0.436. The van der Waals surface area contributed by atoms with Crippen molar-refractivity contribution in [3.05, 3.63) is 41.7 Å². The van der Waals surface area contributed by atoms with Crippen LogP contribution >= 0.6 is 12.6 Å². The summed E-state index contributed by atoms with van der Waals surface area (Å²) in [6.45, 7) is 0. The van der Waals surface area contributed by atoms with E-state index in [9.17, 15) is 5.11 Å². The largest absolute Gasteiger partial charge is 0.492 e. The van der Waals surface area contributed by atoms with Gasteiger partial charge in [-0.2, -0.15) is 4.98 Å². The molecule has 0 bridgehead atoms. The van der Waals surface area contributed by atoms with Gasteiger partial charge in [0.1, 0.15) is 16.5 Å². The fourth-order valence-electron chi connectivity index (χ4n) is 1.36. The van der Waals surface area contributed by atoms with Gasteiger partial charge in [-0.3, -0.25) is 0 Å². The first-order valence-electron chi connectivity index (χ1n) is 4.75. The van der Waals surface area contributed by atoms with Gasteiger partial charge in [0.25, 0.3) is 0 Å². The average molecular weight is 233 g/mol. The highest BCUT2D eigenvalue weighted by molar-refractivity contribution is 7.80. The van der Waals surface area contributed by atoms with E-state index in [-0.39, 0.29) is 16.6 Å². The molecule has 1 aromatic heterocycles. The summed E-state index contributed by atoms with van der Waals surface area (Å²) in [5.74, 6) is 0.502. The number of nitrogen functional groups attached to an aromatic ring is 1. The Morgan fingerprint density at radius 2 is 1.88 bits per heavy atom. The van der Waals surface area contributed by atoms with Crippen molar-refractivity contribution in [3.63, 3.8) is 0 Å². The maximum Gasteiger partial charge on any atom is 0.230 e.